The lowest BCUT2D eigenvalue weighted by molar-refractivity contribution is -0.141. The standard InChI is InChI=1S/C8H10O2/c1-5-2-3-6-4-10-8(9)7(5)6/h2-3,5-7H,4H2,1H3/t5?,6?,7-/m1/s1. The molecule has 0 aromatic rings. The number of allylic oxidation sites excluding steroid dienone is 1. The number of hydrogen-bond acceptors (Lipinski definition) is 2. The van der Waals surface area contributed by atoms with Crippen molar-refractivity contribution in [2.45, 2.75) is 6.92 Å². The second-order valence-corrected chi connectivity index (χ2v) is 3.06. The summed E-state index contributed by atoms with van der Waals surface area (Å²) in [5.74, 6) is 0.894. The van der Waals surface area contributed by atoms with Gasteiger partial charge in [-0.25, -0.2) is 0 Å². The summed E-state index contributed by atoms with van der Waals surface area (Å²) in [6.45, 7) is 2.66. The molecule has 0 saturated carbocycles. The van der Waals surface area contributed by atoms with Gasteiger partial charge in [0.2, 0.25) is 0 Å². The van der Waals surface area contributed by atoms with Crippen molar-refractivity contribution in [2.75, 3.05) is 6.61 Å². The second-order valence-electron chi connectivity index (χ2n) is 3.06. The molecule has 0 aromatic carbocycles. The molecule has 0 radical (unpaired) electrons. The zero-order valence-corrected chi connectivity index (χ0v) is 5.91. The number of esters is 1. The molecule has 2 heteroatoms. The van der Waals surface area contributed by atoms with E-state index < -0.39 is 0 Å². The number of carbonyl (C=O) groups excluding carboxylic acids is 1. The van der Waals surface area contributed by atoms with Gasteiger partial charge in [-0.3, -0.25) is 4.79 Å². The van der Waals surface area contributed by atoms with E-state index in [-0.39, 0.29) is 11.9 Å². The molecule has 1 fully saturated rings. The SMILES string of the molecule is CC1C=CC2COC(=O)[C@H]12. The van der Waals surface area contributed by atoms with Crippen LogP contribution < -0.4 is 0 Å². The first kappa shape index (κ1) is 5.96. The molecule has 0 spiro atoms. The van der Waals surface area contributed by atoms with Crippen molar-refractivity contribution < 1.29 is 9.53 Å². The molecule has 2 aliphatic rings. The zero-order valence-electron chi connectivity index (χ0n) is 5.91. The Labute approximate surface area is 59.9 Å². The minimum Gasteiger partial charge on any atom is -0.465 e. The highest BCUT2D eigenvalue weighted by Crippen LogP contribution is 2.35. The van der Waals surface area contributed by atoms with Crippen LogP contribution in [0.2, 0.25) is 0 Å². The first-order chi connectivity index (χ1) is 4.79. The predicted molar refractivity (Wildman–Crippen MR) is 36.2 cm³/mol. The summed E-state index contributed by atoms with van der Waals surface area (Å²) in [6, 6.07) is 0. The monoisotopic (exact) mass is 138 g/mol. The third kappa shape index (κ3) is 0.618. The lowest BCUT2D eigenvalue weighted by Crippen LogP contribution is -2.16. The third-order valence-electron chi connectivity index (χ3n) is 2.38. The van der Waals surface area contributed by atoms with Crippen molar-refractivity contribution in [3.63, 3.8) is 0 Å². The Hall–Kier alpha value is -0.790. The van der Waals surface area contributed by atoms with Gasteiger partial charge in [0.1, 0.15) is 0 Å². The molecule has 1 saturated heterocycles. The van der Waals surface area contributed by atoms with Crippen molar-refractivity contribution in [3.8, 4) is 0 Å². The van der Waals surface area contributed by atoms with E-state index in [2.05, 4.69) is 19.1 Å². The van der Waals surface area contributed by atoms with Crippen LogP contribution in [0.5, 0.6) is 0 Å². The molecule has 3 atom stereocenters. The van der Waals surface area contributed by atoms with Crippen LogP contribution in [-0.4, -0.2) is 12.6 Å². The second kappa shape index (κ2) is 1.84. The molecule has 2 rings (SSSR count). The van der Waals surface area contributed by atoms with Gasteiger partial charge in [-0.15, -0.1) is 0 Å². The third-order valence-corrected chi connectivity index (χ3v) is 2.38. The lowest BCUT2D eigenvalue weighted by atomic mass is 9.92. The summed E-state index contributed by atoms with van der Waals surface area (Å²) in [5.41, 5.74) is 0. The van der Waals surface area contributed by atoms with E-state index >= 15 is 0 Å². The molecule has 10 heavy (non-hydrogen) atoms. The fraction of sp³-hybridized carbons (Fsp3) is 0.625. The molecule has 0 aromatic heterocycles. The molecular weight excluding hydrogens is 128 g/mol. The van der Waals surface area contributed by atoms with Gasteiger partial charge in [0.25, 0.3) is 0 Å². The molecule has 2 nitrogen and oxygen atoms in total. The van der Waals surface area contributed by atoms with Gasteiger partial charge in [0, 0.05) is 5.92 Å². The van der Waals surface area contributed by atoms with Crippen molar-refractivity contribution >= 4 is 5.97 Å². The fourth-order valence-electron chi connectivity index (χ4n) is 1.77. The summed E-state index contributed by atoms with van der Waals surface area (Å²) >= 11 is 0. The van der Waals surface area contributed by atoms with E-state index in [1.165, 1.54) is 0 Å². The van der Waals surface area contributed by atoms with Crippen molar-refractivity contribution in [1.29, 1.82) is 0 Å². The van der Waals surface area contributed by atoms with Gasteiger partial charge in [0.05, 0.1) is 12.5 Å². The van der Waals surface area contributed by atoms with Gasteiger partial charge in [0.15, 0.2) is 0 Å². The summed E-state index contributed by atoms with van der Waals surface area (Å²) in [7, 11) is 0. The summed E-state index contributed by atoms with van der Waals surface area (Å²) < 4.78 is 4.90. The number of ether oxygens (including phenoxy) is 1. The molecule has 2 unspecified atom stereocenters. The Bertz CT molecular complexity index is 195. The first-order valence-electron chi connectivity index (χ1n) is 3.64. The zero-order chi connectivity index (χ0) is 7.14. The lowest BCUT2D eigenvalue weighted by Gasteiger charge is -2.07. The topological polar surface area (TPSA) is 26.3 Å². The average molecular weight is 138 g/mol. The van der Waals surface area contributed by atoms with Crippen LogP contribution >= 0.6 is 0 Å². The van der Waals surface area contributed by atoms with E-state index in [4.69, 9.17) is 4.74 Å². The largest absolute Gasteiger partial charge is 0.465 e. The summed E-state index contributed by atoms with van der Waals surface area (Å²) in [5, 5.41) is 0. The number of carbonyl (C=O) groups is 1. The maximum Gasteiger partial charge on any atom is 0.310 e. The van der Waals surface area contributed by atoms with E-state index in [1.807, 2.05) is 0 Å². The Balaban J connectivity index is 2.25. The van der Waals surface area contributed by atoms with Crippen LogP contribution in [0.1, 0.15) is 6.92 Å². The summed E-state index contributed by atoms with van der Waals surface area (Å²) in [6.07, 6.45) is 4.20. The molecule has 1 heterocycles. The van der Waals surface area contributed by atoms with Gasteiger partial charge in [-0.2, -0.15) is 0 Å². The Morgan fingerprint density at radius 1 is 1.60 bits per heavy atom. The maximum absolute atomic E-state index is 11.0. The van der Waals surface area contributed by atoms with E-state index in [9.17, 15) is 4.79 Å². The molecule has 1 aliphatic carbocycles. The van der Waals surface area contributed by atoms with Gasteiger partial charge >= 0.3 is 5.97 Å². The minimum atomic E-state index is -0.0116. The van der Waals surface area contributed by atoms with E-state index in [0.717, 1.165) is 0 Å². The van der Waals surface area contributed by atoms with Crippen LogP contribution in [0.3, 0.4) is 0 Å². The predicted octanol–water partition coefficient (Wildman–Crippen LogP) is 0.982. The fourth-order valence-corrected chi connectivity index (χ4v) is 1.77. The highest BCUT2D eigenvalue weighted by atomic mass is 16.5. The Morgan fingerprint density at radius 3 is 3.10 bits per heavy atom. The summed E-state index contributed by atoms with van der Waals surface area (Å²) in [4.78, 5) is 11.0. The van der Waals surface area contributed by atoms with E-state index in [1.54, 1.807) is 0 Å². The van der Waals surface area contributed by atoms with Crippen LogP contribution in [-0.2, 0) is 9.53 Å². The minimum absolute atomic E-state index is 0.0116. The highest BCUT2D eigenvalue weighted by molar-refractivity contribution is 5.76. The average Bonchev–Trinajstić information content (AvgIpc) is 2.40. The number of fused-ring (bicyclic) bond motifs is 1. The number of rotatable bonds is 0. The Kier molecular flexibility index (Phi) is 1.10. The van der Waals surface area contributed by atoms with E-state index in [0.29, 0.717) is 18.4 Å². The highest BCUT2D eigenvalue weighted by Gasteiger charge is 2.41. The quantitative estimate of drug-likeness (QED) is 0.368. The Morgan fingerprint density at radius 2 is 2.40 bits per heavy atom. The smallest absolute Gasteiger partial charge is 0.310 e. The number of cyclic esters (lactones) is 1. The van der Waals surface area contributed by atoms with Gasteiger partial charge in [-0.1, -0.05) is 19.1 Å². The number of hydrogen-bond donors (Lipinski definition) is 0. The molecular formula is C8H10O2. The molecule has 0 amide bonds. The molecule has 1 aliphatic heterocycles. The molecule has 0 bridgehead atoms. The maximum atomic E-state index is 11.0. The molecule has 54 valence electrons. The van der Waals surface area contributed by atoms with Gasteiger partial charge in [-0.05, 0) is 5.92 Å². The van der Waals surface area contributed by atoms with Crippen LogP contribution in [0.15, 0.2) is 12.2 Å². The van der Waals surface area contributed by atoms with Crippen LogP contribution in [0.25, 0.3) is 0 Å². The first-order valence-corrected chi connectivity index (χ1v) is 3.64. The van der Waals surface area contributed by atoms with Crippen molar-refractivity contribution in [1.82, 2.24) is 0 Å². The van der Waals surface area contributed by atoms with Gasteiger partial charge < -0.3 is 4.74 Å². The molecule has 0 N–H and O–H groups in total. The van der Waals surface area contributed by atoms with Crippen LogP contribution in [0.4, 0.5) is 0 Å². The normalized spacial score (nSPS) is 43.7. The van der Waals surface area contributed by atoms with Crippen molar-refractivity contribution in [2.24, 2.45) is 17.8 Å². The van der Waals surface area contributed by atoms with Crippen LogP contribution in [0, 0.1) is 17.8 Å². The van der Waals surface area contributed by atoms with Crippen molar-refractivity contribution in [3.05, 3.63) is 12.2 Å².